The molecule has 1 aliphatic rings. The summed E-state index contributed by atoms with van der Waals surface area (Å²) in [4.78, 5) is 4.58. The van der Waals surface area contributed by atoms with Crippen molar-refractivity contribution >= 4 is 22.9 Å². The van der Waals surface area contributed by atoms with Gasteiger partial charge in [0.1, 0.15) is 0 Å². The van der Waals surface area contributed by atoms with E-state index in [2.05, 4.69) is 10.4 Å². The summed E-state index contributed by atoms with van der Waals surface area (Å²) in [7, 11) is 0. The normalized spacial score (nSPS) is 19.5. The maximum Gasteiger partial charge on any atom is 0.0959 e. The van der Waals surface area contributed by atoms with Gasteiger partial charge >= 0.3 is 0 Å². The molecule has 0 amide bonds. The van der Waals surface area contributed by atoms with E-state index in [1.54, 1.807) is 11.3 Å². The van der Waals surface area contributed by atoms with Crippen LogP contribution in [0.5, 0.6) is 0 Å². The fraction of sp³-hybridized carbons (Fsp3) is 0.727. The molecule has 2 rings (SSSR count). The van der Waals surface area contributed by atoms with Crippen molar-refractivity contribution in [2.75, 3.05) is 0 Å². The van der Waals surface area contributed by atoms with Crippen molar-refractivity contribution in [3.05, 3.63) is 16.1 Å². The van der Waals surface area contributed by atoms with Crippen molar-refractivity contribution in [3.8, 4) is 0 Å². The van der Waals surface area contributed by atoms with Gasteiger partial charge in [0.25, 0.3) is 0 Å². The highest BCUT2D eigenvalue weighted by Gasteiger charge is 2.17. The van der Waals surface area contributed by atoms with E-state index in [0.717, 1.165) is 11.6 Å². The van der Waals surface area contributed by atoms with E-state index in [4.69, 9.17) is 11.6 Å². The molecular weight excluding hydrogens is 214 g/mol. The summed E-state index contributed by atoms with van der Waals surface area (Å²) in [6.45, 7) is 0. The number of hydrogen-bond acceptors (Lipinski definition) is 2. The van der Waals surface area contributed by atoms with Crippen molar-refractivity contribution in [2.24, 2.45) is 0 Å². The monoisotopic (exact) mass is 229 g/mol. The van der Waals surface area contributed by atoms with Gasteiger partial charge in [-0.15, -0.1) is 22.9 Å². The lowest BCUT2D eigenvalue weighted by Gasteiger charge is -2.09. The zero-order valence-corrected chi connectivity index (χ0v) is 9.91. The van der Waals surface area contributed by atoms with Crippen LogP contribution in [0.2, 0.25) is 0 Å². The van der Waals surface area contributed by atoms with Crippen molar-refractivity contribution in [2.45, 2.75) is 50.3 Å². The van der Waals surface area contributed by atoms with Crippen LogP contribution in [0.3, 0.4) is 0 Å². The minimum Gasteiger partial charge on any atom is -0.245 e. The second kappa shape index (κ2) is 5.13. The molecule has 0 bridgehead atoms. The first kappa shape index (κ1) is 10.4. The molecule has 1 aliphatic carbocycles. The van der Waals surface area contributed by atoms with Gasteiger partial charge in [0.15, 0.2) is 0 Å². The average molecular weight is 230 g/mol. The smallest absolute Gasteiger partial charge is 0.0959 e. The Bertz CT molecular complexity index is 277. The minimum atomic E-state index is 0.559. The average Bonchev–Trinajstić information content (AvgIpc) is 2.53. The predicted octanol–water partition coefficient (Wildman–Crippen LogP) is 4.32. The molecule has 0 atom stereocenters. The first-order chi connectivity index (χ1) is 6.90. The highest BCUT2D eigenvalue weighted by atomic mass is 35.5. The van der Waals surface area contributed by atoms with Crippen LogP contribution in [0.25, 0.3) is 0 Å². The summed E-state index contributed by atoms with van der Waals surface area (Å²) >= 11 is 7.55. The zero-order chi connectivity index (χ0) is 9.80. The third kappa shape index (κ3) is 2.48. The first-order valence-electron chi connectivity index (χ1n) is 5.40. The zero-order valence-electron chi connectivity index (χ0n) is 8.34. The molecule has 1 aromatic heterocycles. The number of rotatable bonds is 2. The van der Waals surface area contributed by atoms with Crippen molar-refractivity contribution in [1.82, 2.24) is 4.98 Å². The number of aromatic nitrogens is 1. The predicted molar refractivity (Wildman–Crippen MR) is 62.1 cm³/mol. The third-order valence-corrected chi connectivity index (χ3v) is 4.24. The van der Waals surface area contributed by atoms with Gasteiger partial charge in [-0.25, -0.2) is 4.98 Å². The molecular formula is C11H16ClNS. The Hall–Kier alpha value is -0.0800. The van der Waals surface area contributed by atoms with E-state index >= 15 is 0 Å². The summed E-state index contributed by atoms with van der Waals surface area (Å²) < 4.78 is 0. The minimum absolute atomic E-state index is 0.559. The Morgan fingerprint density at radius 2 is 2.00 bits per heavy atom. The van der Waals surface area contributed by atoms with Crippen LogP contribution >= 0.6 is 22.9 Å². The quantitative estimate of drug-likeness (QED) is 0.544. The van der Waals surface area contributed by atoms with Gasteiger partial charge in [0, 0.05) is 11.3 Å². The third-order valence-electron chi connectivity index (χ3n) is 2.91. The summed E-state index contributed by atoms with van der Waals surface area (Å²) in [6, 6.07) is 0. The highest BCUT2D eigenvalue weighted by Crippen LogP contribution is 2.33. The van der Waals surface area contributed by atoms with E-state index < -0.39 is 0 Å². The van der Waals surface area contributed by atoms with E-state index in [1.807, 2.05) is 0 Å². The van der Waals surface area contributed by atoms with Gasteiger partial charge in [-0.3, -0.25) is 0 Å². The molecule has 0 aliphatic heterocycles. The second-order valence-electron chi connectivity index (χ2n) is 4.00. The van der Waals surface area contributed by atoms with Crippen molar-refractivity contribution < 1.29 is 0 Å². The Kier molecular flexibility index (Phi) is 3.82. The second-order valence-corrected chi connectivity index (χ2v) is 5.16. The van der Waals surface area contributed by atoms with Crippen LogP contribution in [-0.4, -0.2) is 4.98 Å². The maximum atomic E-state index is 5.76. The summed E-state index contributed by atoms with van der Waals surface area (Å²) in [5.74, 6) is 1.28. The van der Waals surface area contributed by atoms with Crippen LogP contribution in [-0.2, 0) is 5.88 Å². The molecule has 0 unspecified atom stereocenters. The van der Waals surface area contributed by atoms with Crippen molar-refractivity contribution in [1.29, 1.82) is 0 Å². The Labute approximate surface area is 94.5 Å². The summed E-state index contributed by atoms with van der Waals surface area (Å²) in [5, 5.41) is 3.43. The van der Waals surface area contributed by atoms with Gasteiger partial charge in [-0.2, -0.15) is 0 Å². The summed E-state index contributed by atoms with van der Waals surface area (Å²) in [6.07, 6.45) is 8.22. The maximum absolute atomic E-state index is 5.76. The lowest BCUT2D eigenvalue weighted by molar-refractivity contribution is 0.588. The van der Waals surface area contributed by atoms with Gasteiger partial charge < -0.3 is 0 Å². The van der Waals surface area contributed by atoms with E-state index in [-0.39, 0.29) is 0 Å². The van der Waals surface area contributed by atoms with E-state index in [0.29, 0.717) is 5.88 Å². The molecule has 1 heterocycles. The first-order valence-corrected chi connectivity index (χ1v) is 6.82. The number of nitrogens with zero attached hydrogens (tertiary/aromatic N) is 1. The molecule has 0 aromatic carbocycles. The molecule has 3 heteroatoms. The van der Waals surface area contributed by atoms with Gasteiger partial charge in [0.05, 0.1) is 16.6 Å². The van der Waals surface area contributed by atoms with Crippen molar-refractivity contribution in [3.63, 3.8) is 0 Å². The topological polar surface area (TPSA) is 12.9 Å². The van der Waals surface area contributed by atoms with Gasteiger partial charge in [0.2, 0.25) is 0 Å². The molecule has 14 heavy (non-hydrogen) atoms. The Balaban J connectivity index is 2.04. The fourth-order valence-corrected chi connectivity index (χ4v) is 3.32. The highest BCUT2D eigenvalue weighted by molar-refractivity contribution is 7.09. The molecule has 1 aromatic rings. The van der Waals surface area contributed by atoms with E-state index in [1.165, 1.54) is 43.5 Å². The van der Waals surface area contributed by atoms with Crippen LogP contribution in [0.15, 0.2) is 5.38 Å². The largest absolute Gasteiger partial charge is 0.245 e. The van der Waals surface area contributed by atoms with Crippen LogP contribution < -0.4 is 0 Å². The lowest BCUT2D eigenvalue weighted by atomic mass is 10.0. The number of hydrogen-bond donors (Lipinski definition) is 0. The molecule has 78 valence electrons. The number of alkyl halides is 1. The molecule has 1 fully saturated rings. The molecule has 0 radical (unpaired) electrons. The Morgan fingerprint density at radius 3 is 2.57 bits per heavy atom. The number of thiazole rings is 1. The van der Waals surface area contributed by atoms with Crippen LogP contribution in [0.1, 0.15) is 55.1 Å². The number of halogens is 1. The molecule has 0 N–H and O–H groups in total. The van der Waals surface area contributed by atoms with Gasteiger partial charge in [-0.1, -0.05) is 25.7 Å². The fourth-order valence-electron chi connectivity index (χ4n) is 2.10. The standard InChI is InChI=1S/C11H16ClNS/c12-7-10-8-14-11(13-10)9-5-3-1-2-4-6-9/h8-9H,1-7H2. The summed E-state index contributed by atoms with van der Waals surface area (Å²) in [5.41, 5.74) is 1.05. The van der Waals surface area contributed by atoms with E-state index in [9.17, 15) is 0 Å². The molecule has 0 saturated heterocycles. The van der Waals surface area contributed by atoms with Crippen LogP contribution in [0.4, 0.5) is 0 Å². The SMILES string of the molecule is ClCc1csc(C2CCCCCC2)n1. The lowest BCUT2D eigenvalue weighted by Crippen LogP contribution is -1.96. The van der Waals surface area contributed by atoms with Crippen LogP contribution in [0, 0.1) is 0 Å². The van der Waals surface area contributed by atoms with Gasteiger partial charge in [-0.05, 0) is 12.8 Å². The molecule has 1 saturated carbocycles. The molecule has 1 nitrogen and oxygen atoms in total. The Morgan fingerprint density at radius 1 is 1.29 bits per heavy atom. The molecule has 0 spiro atoms.